The molecule has 1 aliphatic carbocycles. The smallest absolute Gasteiger partial charge is 0.308 e. The predicted octanol–water partition coefficient (Wildman–Crippen LogP) is 3.66. The molecule has 1 saturated heterocycles. The van der Waals surface area contributed by atoms with E-state index in [9.17, 15) is 4.79 Å². The number of rotatable bonds is 5. The molecule has 4 rings (SSSR count). The molecule has 2 unspecified atom stereocenters. The van der Waals surface area contributed by atoms with Gasteiger partial charge in [-0.1, -0.05) is 31.4 Å². The van der Waals surface area contributed by atoms with Gasteiger partial charge in [-0.25, -0.2) is 0 Å². The molecule has 0 amide bonds. The topological polar surface area (TPSA) is 48.0 Å². The van der Waals surface area contributed by atoms with Crippen LogP contribution in [-0.4, -0.2) is 49.8 Å². The lowest BCUT2D eigenvalue weighted by molar-refractivity contribution is -0.151. The minimum absolute atomic E-state index is 0.0347. The van der Waals surface area contributed by atoms with Gasteiger partial charge in [0.2, 0.25) is 0 Å². The molecule has 0 aromatic heterocycles. The van der Waals surface area contributed by atoms with Gasteiger partial charge in [0, 0.05) is 19.0 Å². The lowest BCUT2D eigenvalue weighted by Gasteiger charge is -2.36. The van der Waals surface area contributed by atoms with Crippen LogP contribution < -0.4 is 9.47 Å². The summed E-state index contributed by atoms with van der Waals surface area (Å²) in [4.78, 5) is 14.7. The number of fused-ring (bicyclic) bond motifs is 1. The molecular weight excluding hydrogens is 342 g/mol. The molecule has 27 heavy (non-hydrogen) atoms. The van der Waals surface area contributed by atoms with Crippen molar-refractivity contribution in [2.75, 3.05) is 32.8 Å². The number of hydrogen-bond donors (Lipinski definition) is 0. The molecule has 1 aromatic rings. The zero-order valence-corrected chi connectivity index (χ0v) is 16.1. The quantitative estimate of drug-likeness (QED) is 0.737. The van der Waals surface area contributed by atoms with Crippen LogP contribution in [0.15, 0.2) is 24.3 Å². The van der Waals surface area contributed by atoms with Gasteiger partial charge in [0.15, 0.2) is 11.5 Å². The molecule has 148 valence electrons. The lowest BCUT2D eigenvalue weighted by atomic mass is 9.89. The lowest BCUT2D eigenvalue weighted by Crippen LogP contribution is -2.45. The Labute approximate surface area is 162 Å². The van der Waals surface area contributed by atoms with Gasteiger partial charge in [-0.15, -0.1) is 0 Å². The van der Waals surface area contributed by atoms with Crippen LogP contribution in [0.5, 0.6) is 11.5 Å². The zero-order valence-electron chi connectivity index (χ0n) is 16.1. The monoisotopic (exact) mass is 373 g/mol. The van der Waals surface area contributed by atoms with Gasteiger partial charge >= 0.3 is 5.97 Å². The molecule has 2 fully saturated rings. The summed E-state index contributed by atoms with van der Waals surface area (Å²) in [6.45, 7) is 4.07. The van der Waals surface area contributed by atoms with Gasteiger partial charge in [0.1, 0.15) is 12.7 Å². The summed E-state index contributed by atoms with van der Waals surface area (Å²) in [6.07, 6.45) is 7.97. The van der Waals surface area contributed by atoms with E-state index in [4.69, 9.17) is 14.2 Å². The van der Waals surface area contributed by atoms with Crippen LogP contribution in [0, 0.1) is 11.8 Å². The van der Waals surface area contributed by atoms with Crippen molar-refractivity contribution in [3.63, 3.8) is 0 Å². The summed E-state index contributed by atoms with van der Waals surface area (Å²) < 4.78 is 17.6. The number of hydrogen-bond acceptors (Lipinski definition) is 5. The largest absolute Gasteiger partial charge is 0.486 e. The highest BCUT2D eigenvalue weighted by Crippen LogP contribution is 2.31. The van der Waals surface area contributed by atoms with E-state index in [-0.39, 0.29) is 18.0 Å². The molecule has 2 aliphatic heterocycles. The summed E-state index contributed by atoms with van der Waals surface area (Å²) in [6, 6.07) is 7.85. The van der Waals surface area contributed by atoms with Crippen LogP contribution >= 0.6 is 0 Å². The first kappa shape index (κ1) is 18.6. The van der Waals surface area contributed by atoms with Crippen LogP contribution in [-0.2, 0) is 9.53 Å². The van der Waals surface area contributed by atoms with E-state index in [1.807, 2.05) is 24.3 Å². The second-order valence-electron chi connectivity index (χ2n) is 8.23. The van der Waals surface area contributed by atoms with Gasteiger partial charge in [0.05, 0.1) is 12.5 Å². The molecule has 2 atom stereocenters. The molecule has 5 heteroatoms. The Hall–Kier alpha value is -1.75. The van der Waals surface area contributed by atoms with Crippen LogP contribution in [0.1, 0.15) is 44.9 Å². The van der Waals surface area contributed by atoms with Gasteiger partial charge in [-0.05, 0) is 44.4 Å². The minimum atomic E-state index is 0.0347. The first-order chi connectivity index (χ1) is 13.3. The van der Waals surface area contributed by atoms with Crippen molar-refractivity contribution in [1.29, 1.82) is 0 Å². The van der Waals surface area contributed by atoms with Crippen LogP contribution in [0.4, 0.5) is 0 Å². The zero-order chi connectivity index (χ0) is 18.5. The normalized spacial score (nSPS) is 26.5. The van der Waals surface area contributed by atoms with E-state index in [1.165, 1.54) is 19.3 Å². The molecule has 0 radical (unpaired) electrons. The van der Waals surface area contributed by atoms with Crippen molar-refractivity contribution >= 4 is 5.97 Å². The highest BCUT2D eigenvalue weighted by Gasteiger charge is 2.28. The van der Waals surface area contributed by atoms with Crippen molar-refractivity contribution in [3.05, 3.63) is 24.3 Å². The van der Waals surface area contributed by atoms with Crippen LogP contribution in [0.2, 0.25) is 0 Å². The molecule has 1 aromatic carbocycles. The molecular formula is C22H31NO4. The van der Waals surface area contributed by atoms with Crippen molar-refractivity contribution in [2.24, 2.45) is 11.8 Å². The van der Waals surface area contributed by atoms with Crippen molar-refractivity contribution in [3.8, 4) is 11.5 Å². The second-order valence-corrected chi connectivity index (χ2v) is 8.23. The van der Waals surface area contributed by atoms with E-state index < -0.39 is 0 Å². The predicted molar refractivity (Wildman–Crippen MR) is 103 cm³/mol. The third-order valence-corrected chi connectivity index (χ3v) is 6.03. The Bertz CT molecular complexity index is 628. The number of esters is 1. The number of para-hydroxylation sites is 2. The Morgan fingerprint density at radius 1 is 1.07 bits per heavy atom. The summed E-state index contributed by atoms with van der Waals surface area (Å²) in [5, 5.41) is 0. The highest BCUT2D eigenvalue weighted by molar-refractivity contribution is 5.72. The summed E-state index contributed by atoms with van der Waals surface area (Å²) >= 11 is 0. The number of ether oxygens (including phenoxy) is 3. The second kappa shape index (κ2) is 8.96. The summed E-state index contributed by atoms with van der Waals surface area (Å²) in [5.41, 5.74) is 0. The van der Waals surface area contributed by atoms with Gasteiger partial charge < -0.3 is 14.2 Å². The maximum atomic E-state index is 12.3. The number of carbonyl (C=O) groups excluding carboxylic acids is 1. The maximum Gasteiger partial charge on any atom is 0.308 e. The number of benzene rings is 1. The van der Waals surface area contributed by atoms with Gasteiger partial charge in [-0.2, -0.15) is 0 Å². The standard InChI is InChI=1S/C22H31NO4/c24-22(18-8-2-1-3-9-18)26-15-17-7-6-12-23(13-17)14-19-16-25-20-10-4-5-11-21(20)27-19/h4-5,10-11,17-19H,1-3,6-9,12-16H2. The Morgan fingerprint density at radius 2 is 1.89 bits per heavy atom. The van der Waals surface area contributed by atoms with Crippen molar-refractivity contribution < 1.29 is 19.0 Å². The Kier molecular flexibility index (Phi) is 6.17. The number of carbonyl (C=O) groups is 1. The first-order valence-electron chi connectivity index (χ1n) is 10.6. The third kappa shape index (κ3) is 4.95. The fourth-order valence-corrected chi connectivity index (χ4v) is 4.55. The summed E-state index contributed by atoms with van der Waals surface area (Å²) in [5.74, 6) is 2.28. The maximum absolute atomic E-state index is 12.3. The van der Waals surface area contributed by atoms with Gasteiger partial charge in [0.25, 0.3) is 0 Å². The Morgan fingerprint density at radius 3 is 2.74 bits per heavy atom. The fourth-order valence-electron chi connectivity index (χ4n) is 4.55. The van der Waals surface area contributed by atoms with Crippen molar-refractivity contribution in [2.45, 2.75) is 51.0 Å². The summed E-state index contributed by atoms with van der Waals surface area (Å²) in [7, 11) is 0. The van der Waals surface area contributed by atoms with Gasteiger partial charge in [-0.3, -0.25) is 9.69 Å². The highest BCUT2D eigenvalue weighted by atomic mass is 16.6. The number of likely N-dealkylation sites (tertiary alicyclic amines) is 1. The molecule has 0 N–H and O–H groups in total. The third-order valence-electron chi connectivity index (χ3n) is 6.03. The number of nitrogens with zero attached hydrogens (tertiary/aromatic N) is 1. The SMILES string of the molecule is O=C(OCC1CCCN(CC2COc3ccccc3O2)C1)C1CCCCC1. The molecule has 3 aliphatic rings. The average molecular weight is 373 g/mol. The minimum Gasteiger partial charge on any atom is -0.486 e. The molecule has 1 saturated carbocycles. The molecule has 5 nitrogen and oxygen atoms in total. The van der Waals surface area contributed by atoms with E-state index in [0.29, 0.717) is 19.1 Å². The molecule has 2 heterocycles. The molecule has 0 bridgehead atoms. The Balaban J connectivity index is 1.22. The molecule has 0 spiro atoms. The fraction of sp³-hybridized carbons (Fsp3) is 0.682. The average Bonchev–Trinajstić information content (AvgIpc) is 2.73. The van der Waals surface area contributed by atoms with E-state index >= 15 is 0 Å². The first-order valence-corrected chi connectivity index (χ1v) is 10.6. The van der Waals surface area contributed by atoms with E-state index in [0.717, 1.165) is 56.8 Å². The van der Waals surface area contributed by atoms with Crippen LogP contribution in [0.25, 0.3) is 0 Å². The van der Waals surface area contributed by atoms with Crippen molar-refractivity contribution in [1.82, 2.24) is 4.90 Å². The van der Waals surface area contributed by atoms with E-state index in [2.05, 4.69) is 4.90 Å². The number of piperidine rings is 1. The van der Waals surface area contributed by atoms with Crippen LogP contribution in [0.3, 0.4) is 0 Å². The van der Waals surface area contributed by atoms with E-state index in [1.54, 1.807) is 0 Å².